The molecule has 0 saturated carbocycles. The number of hydrogen-bond acceptors (Lipinski definition) is 2. The molecule has 166 valence electrons. The lowest BCUT2D eigenvalue weighted by Gasteiger charge is -2.26. The molecule has 0 bridgehead atoms. The fraction of sp³-hybridized carbons (Fsp3) is 0.391. The zero-order valence-electron chi connectivity index (χ0n) is 17.5. The van der Waals surface area contributed by atoms with Crippen LogP contribution >= 0.6 is 0 Å². The first kappa shape index (κ1) is 22.7. The molecule has 31 heavy (non-hydrogen) atoms. The molecule has 3 rings (SSSR count). The molecule has 1 saturated heterocycles. The summed E-state index contributed by atoms with van der Waals surface area (Å²) in [5.74, 6) is 0.613. The fourth-order valence-electron chi connectivity index (χ4n) is 3.45. The predicted octanol–water partition coefficient (Wildman–Crippen LogP) is 4.20. The Labute approximate surface area is 180 Å². The van der Waals surface area contributed by atoms with Crippen LogP contribution in [0.25, 0.3) is 0 Å². The van der Waals surface area contributed by atoms with E-state index in [1.807, 2.05) is 29.2 Å². The van der Waals surface area contributed by atoms with E-state index in [2.05, 4.69) is 15.6 Å². The first-order chi connectivity index (χ1) is 14.9. The van der Waals surface area contributed by atoms with E-state index in [0.29, 0.717) is 24.6 Å². The van der Waals surface area contributed by atoms with Crippen molar-refractivity contribution in [1.29, 1.82) is 0 Å². The van der Waals surface area contributed by atoms with E-state index < -0.39 is 11.7 Å². The van der Waals surface area contributed by atoms with E-state index >= 15 is 0 Å². The Balaban J connectivity index is 1.48. The number of amides is 1. The van der Waals surface area contributed by atoms with Crippen LogP contribution in [-0.4, -0.2) is 36.9 Å². The van der Waals surface area contributed by atoms with Gasteiger partial charge in [0.1, 0.15) is 0 Å². The summed E-state index contributed by atoms with van der Waals surface area (Å²) in [4.78, 5) is 18.6. The van der Waals surface area contributed by atoms with E-state index in [4.69, 9.17) is 0 Å². The second-order valence-electron chi connectivity index (χ2n) is 7.52. The number of alkyl halides is 3. The van der Waals surface area contributed by atoms with Gasteiger partial charge in [0, 0.05) is 38.8 Å². The molecule has 0 unspecified atom stereocenters. The molecule has 1 heterocycles. The average Bonchev–Trinajstić information content (AvgIpc) is 2.79. The highest BCUT2D eigenvalue weighted by molar-refractivity contribution is 5.94. The lowest BCUT2D eigenvalue weighted by Crippen LogP contribution is -2.36. The van der Waals surface area contributed by atoms with Crippen molar-refractivity contribution in [3.63, 3.8) is 0 Å². The number of rotatable bonds is 5. The Morgan fingerprint density at radius 3 is 1.90 bits per heavy atom. The molecule has 0 radical (unpaired) electrons. The quantitative estimate of drug-likeness (QED) is 0.550. The van der Waals surface area contributed by atoms with E-state index in [0.717, 1.165) is 49.2 Å². The van der Waals surface area contributed by atoms with Gasteiger partial charge in [0.25, 0.3) is 5.91 Å². The fourth-order valence-corrected chi connectivity index (χ4v) is 3.45. The smallest absolute Gasteiger partial charge is 0.352 e. The topological polar surface area (TPSA) is 56.7 Å². The van der Waals surface area contributed by atoms with Gasteiger partial charge in [0.15, 0.2) is 5.96 Å². The lowest BCUT2D eigenvalue weighted by molar-refractivity contribution is -0.137. The van der Waals surface area contributed by atoms with Gasteiger partial charge >= 0.3 is 6.18 Å². The zero-order valence-corrected chi connectivity index (χ0v) is 17.5. The van der Waals surface area contributed by atoms with Crippen molar-refractivity contribution in [2.45, 2.75) is 38.5 Å². The Kier molecular flexibility index (Phi) is 7.55. The van der Waals surface area contributed by atoms with E-state index in [-0.39, 0.29) is 5.91 Å². The van der Waals surface area contributed by atoms with Crippen molar-refractivity contribution in [3.8, 4) is 0 Å². The van der Waals surface area contributed by atoms with Gasteiger partial charge in [-0.15, -0.1) is 0 Å². The molecule has 2 N–H and O–H groups in total. The number of hydrogen-bond donors (Lipinski definition) is 2. The van der Waals surface area contributed by atoms with Crippen LogP contribution in [-0.2, 0) is 19.3 Å². The minimum absolute atomic E-state index is 0.0771. The SMILES string of the molecule is CN=C(NCc1ccc(C(=O)N2CCCCC2)cc1)NCc1ccc(C(F)(F)F)cc1. The normalized spacial score (nSPS) is 15.0. The predicted molar refractivity (Wildman–Crippen MR) is 115 cm³/mol. The molecule has 0 spiro atoms. The van der Waals surface area contributed by atoms with Gasteiger partial charge in [-0.05, 0) is 54.7 Å². The van der Waals surface area contributed by atoms with E-state index in [1.54, 1.807) is 7.05 Å². The second kappa shape index (κ2) is 10.3. The van der Waals surface area contributed by atoms with Crippen molar-refractivity contribution in [2.24, 2.45) is 4.99 Å². The van der Waals surface area contributed by atoms with Gasteiger partial charge in [0.05, 0.1) is 5.56 Å². The van der Waals surface area contributed by atoms with Gasteiger partial charge in [0.2, 0.25) is 0 Å². The molecule has 0 atom stereocenters. The summed E-state index contributed by atoms with van der Waals surface area (Å²) in [6.45, 7) is 2.50. The highest BCUT2D eigenvalue weighted by atomic mass is 19.4. The zero-order chi connectivity index (χ0) is 22.3. The van der Waals surface area contributed by atoms with Crippen molar-refractivity contribution in [2.75, 3.05) is 20.1 Å². The maximum atomic E-state index is 12.6. The molecule has 0 aromatic heterocycles. The largest absolute Gasteiger partial charge is 0.416 e. The molecule has 2 aromatic carbocycles. The third-order valence-corrected chi connectivity index (χ3v) is 5.27. The Morgan fingerprint density at radius 2 is 1.42 bits per heavy atom. The van der Waals surface area contributed by atoms with Crippen molar-refractivity contribution < 1.29 is 18.0 Å². The van der Waals surface area contributed by atoms with Gasteiger partial charge in [-0.2, -0.15) is 13.2 Å². The van der Waals surface area contributed by atoms with Crippen LogP contribution in [0.3, 0.4) is 0 Å². The first-order valence-electron chi connectivity index (χ1n) is 10.4. The van der Waals surface area contributed by atoms with E-state index in [9.17, 15) is 18.0 Å². The van der Waals surface area contributed by atoms with Crippen LogP contribution in [0.5, 0.6) is 0 Å². The maximum absolute atomic E-state index is 12.6. The lowest BCUT2D eigenvalue weighted by atomic mass is 10.1. The summed E-state index contributed by atoms with van der Waals surface area (Å²) in [5, 5.41) is 6.25. The molecular formula is C23H27F3N4O. The summed E-state index contributed by atoms with van der Waals surface area (Å²) < 4.78 is 37.9. The number of carbonyl (C=O) groups excluding carboxylic acids is 1. The molecule has 1 aliphatic heterocycles. The summed E-state index contributed by atoms with van der Waals surface area (Å²) in [6, 6.07) is 12.5. The average molecular weight is 432 g/mol. The molecule has 8 heteroatoms. The van der Waals surface area contributed by atoms with Gasteiger partial charge in [-0.25, -0.2) is 0 Å². The highest BCUT2D eigenvalue weighted by Crippen LogP contribution is 2.29. The Morgan fingerprint density at radius 1 is 0.903 bits per heavy atom. The van der Waals surface area contributed by atoms with Crippen LogP contribution < -0.4 is 10.6 Å². The molecular weight excluding hydrogens is 405 g/mol. The molecule has 1 aliphatic rings. The number of likely N-dealkylation sites (tertiary alicyclic amines) is 1. The van der Waals surface area contributed by atoms with Crippen LogP contribution in [0.4, 0.5) is 13.2 Å². The van der Waals surface area contributed by atoms with Crippen molar-refractivity contribution in [3.05, 3.63) is 70.8 Å². The number of halogens is 3. The molecule has 1 fully saturated rings. The number of nitrogens with zero attached hydrogens (tertiary/aromatic N) is 2. The molecule has 0 aliphatic carbocycles. The number of nitrogens with one attached hydrogen (secondary N) is 2. The van der Waals surface area contributed by atoms with Gasteiger partial charge in [-0.1, -0.05) is 24.3 Å². The minimum atomic E-state index is -4.34. The van der Waals surface area contributed by atoms with Crippen LogP contribution in [0, 0.1) is 0 Å². The number of piperidine rings is 1. The number of aliphatic imine (C=N–C) groups is 1. The van der Waals surface area contributed by atoms with Crippen molar-refractivity contribution >= 4 is 11.9 Å². The summed E-state index contributed by atoms with van der Waals surface area (Å²) in [6.07, 6.45) is -1.03. The summed E-state index contributed by atoms with van der Waals surface area (Å²) >= 11 is 0. The number of guanidine groups is 1. The summed E-state index contributed by atoms with van der Waals surface area (Å²) in [7, 11) is 1.63. The molecule has 1 amide bonds. The highest BCUT2D eigenvalue weighted by Gasteiger charge is 2.29. The third-order valence-electron chi connectivity index (χ3n) is 5.27. The van der Waals surface area contributed by atoms with Crippen LogP contribution in [0.1, 0.15) is 46.3 Å². The van der Waals surface area contributed by atoms with E-state index in [1.165, 1.54) is 18.6 Å². The molecule has 2 aromatic rings. The van der Waals surface area contributed by atoms with Crippen LogP contribution in [0.15, 0.2) is 53.5 Å². The summed E-state index contributed by atoms with van der Waals surface area (Å²) in [5.41, 5.74) is 1.74. The Hall–Kier alpha value is -3.03. The number of carbonyl (C=O) groups is 1. The minimum Gasteiger partial charge on any atom is -0.352 e. The van der Waals surface area contributed by atoms with Crippen LogP contribution in [0.2, 0.25) is 0 Å². The first-order valence-corrected chi connectivity index (χ1v) is 10.4. The second-order valence-corrected chi connectivity index (χ2v) is 7.52. The van der Waals surface area contributed by atoms with Gasteiger partial charge in [-0.3, -0.25) is 9.79 Å². The maximum Gasteiger partial charge on any atom is 0.416 e. The number of benzene rings is 2. The standard InChI is InChI=1S/C23H27F3N4O/c1-27-22(29-16-18-7-11-20(12-8-18)23(24,25)26)28-15-17-5-9-19(10-6-17)21(31)30-13-3-2-4-14-30/h5-12H,2-4,13-16H2,1H3,(H2,27,28,29). The van der Waals surface area contributed by atoms with Crippen molar-refractivity contribution in [1.82, 2.24) is 15.5 Å². The third kappa shape index (κ3) is 6.47. The Bertz CT molecular complexity index is 887. The van der Waals surface area contributed by atoms with Gasteiger partial charge < -0.3 is 15.5 Å². The molecule has 5 nitrogen and oxygen atoms in total. The monoisotopic (exact) mass is 432 g/mol.